The molecule has 0 saturated heterocycles. The molecule has 3 aliphatic carbocycles. The third-order valence-corrected chi connectivity index (χ3v) is 3.51. The molecule has 0 heterocycles. The Labute approximate surface area is 72.3 Å². The summed E-state index contributed by atoms with van der Waals surface area (Å²) in [5.41, 5.74) is 0.215. The van der Waals surface area contributed by atoms with E-state index in [2.05, 4.69) is 13.8 Å². The fourth-order valence-corrected chi connectivity index (χ4v) is 2.49. The third kappa shape index (κ3) is 0.936. The molecule has 0 aliphatic heterocycles. The van der Waals surface area contributed by atoms with Crippen LogP contribution in [0.3, 0.4) is 0 Å². The van der Waals surface area contributed by atoms with E-state index in [1.54, 1.807) is 0 Å². The minimum absolute atomic E-state index is 0.190. The van der Waals surface area contributed by atoms with Crippen molar-refractivity contribution in [1.29, 1.82) is 0 Å². The molecule has 0 unspecified atom stereocenters. The van der Waals surface area contributed by atoms with Gasteiger partial charge < -0.3 is 0 Å². The van der Waals surface area contributed by atoms with Gasteiger partial charge in [0.2, 0.25) is 0 Å². The van der Waals surface area contributed by atoms with E-state index in [0.29, 0.717) is 18.8 Å². The lowest BCUT2D eigenvalue weighted by atomic mass is 9.57. The van der Waals surface area contributed by atoms with Crippen LogP contribution in [0.5, 0.6) is 0 Å². The molecule has 0 spiro atoms. The van der Waals surface area contributed by atoms with Crippen molar-refractivity contribution in [3.05, 3.63) is 0 Å². The lowest BCUT2D eigenvalue weighted by Crippen LogP contribution is -2.48. The maximum atomic E-state index is 11.3. The van der Waals surface area contributed by atoms with Gasteiger partial charge in [-0.15, -0.1) is 0 Å². The molecule has 2 nitrogen and oxygen atoms in total. The summed E-state index contributed by atoms with van der Waals surface area (Å²) in [6, 6.07) is 0. The Kier molecular flexibility index (Phi) is 1.45. The molecule has 3 saturated carbocycles. The van der Waals surface area contributed by atoms with Crippen molar-refractivity contribution in [2.75, 3.05) is 0 Å². The van der Waals surface area contributed by atoms with Gasteiger partial charge in [-0.1, -0.05) is 13.8 Å². The number of fused-ring (bicyclic) bond motifs is 3. The molecule has 3 aliphatic rings. The van der Waals surface area contributed by atoms with Crippen LogP contribution in [0.4, 0.5) is 0 Å². The van der Waals surface area contributed by atoms with Crippen LogP contribution in [0, 0.1) is 17.3 Å². The second-order valence-electron chi connectivity index (χ2n) is 4.78. The molecule has 0 amide bonds. The highest BCUT2D eigenvalue weighted by molar-refractivity contribution is 6.05. The monoisotopic (exact) mass is 166 g/mol. The number of Topliss-reactive ketones (excluding diaryl/α,β-unsaturated/α-hetero) is 2. The molecule has 0 aromatic heterocycles. The van der Waals surface area contributed by atoms with E-state index in [9.17, 15) is 9.59 Å². The molecule has 3 rings (SSSR count). The summed E-state index contributed by atoms with van der Waals surface area (Å²) in [6.07, 6.45) is 2.07. The van der Waals surface area contributed by atoms with Crippen molar-refractivity contribution in [3.8, 4) is 0 Å². The van der Waals surface area contributed by atoms with E-state index in [0.717, 1.165) is 6.42 Å². The molecule has 66 valence electrons. The molecule has 12 heavy (non-hydrogen) atoms. The summed E-state index contributed by atoms with van der Waals surface area (Å²) in [7, 11) is 0. The van der Waals surface area contributed by atoms with Gasteiger partial charge in [0.05, 0.1) is 5.92 Å². The van der Waals surface area contributed by atoms with Crippen LogP contribution in [0.2, 0.25) is 0 Å². The minimum atomic E-state index is -0.245. The number of carbonyl (C=O) groups excluding carboxylic acids is 2. The highest BCUT2D eigenvalue weighted by Crippen LogP contribution is 2.48. The number of hydrogen-bond acceptors (Lipinski definition) is 2. The fourth-order valence-electron chi connectivity index (χ4n) is 2.49. The Morgan fingerprint density at radius 1 is 1.17 bits per heavy atom. The summed E-state index contributed by atoms with van der Waals surface area (Å²) >= 11 is 0. The summed E-state index contributed by atoms with van der Waals surface area (Å²) < 4.78 is 0. The van der Waals surface area contributed by atoms with Crippen molar-refractivity contribution < 1.29 is 9.59 Å². The maximum Gasteiger partial charge on any atom is 0.143 e. The molecule has 0 aromatic rings. The van der Waals surface area contributed by atoms with Crippen molar-refractivity contribution in [2.45, 2.75) is 33.1 Å². The Bertz CT molecular complexity index is 235. The lowest BCUT2D eigenvalue weighted by molar-refractivity contribution is -0.147. The lowest BCUT2D eigenvalue weighted by Gasteiger charge is -2.45. The fraction of sp³-hybridized carbons (Fsp3) is 0.800. The predicted octanol–water partition coefficient (Wildman–Crippen LogP) is 1.58. The van der Waals surface area contributed by atoms with E-state index in [1.807, 2.05) is 0 Å². The van der Waals surface area contributed by atoms with Gasteiger partial charge in [0.1, 0.15) is 11.6 Å². The molecular formula is C10H14O2. The SMILES string of the molecule is CC1(C)CC2C(=O)CC1CC2=O. The number of carbonyl (C=O) groups is 2. The molecule has 0 N–H and O–H groups in total. The first kappa shape index (κ1) is 7.96. The maximum absolute atomic E-state index is 11.3. The Morgan fingerprint density at radius 3 is 2.00 bits per heavy atom. The highest BCUT2D eigenvalue weighted by atomic mass is 16.2. The zero-order chi connectivity index (χ0) is 8.93. The molecule has 0 radical (unpaired) electrons. The predicted molar refractivity (Wildman–Crippen MR) is 44.6 cm³/mol. The van der Waals surface area contributed by atoms with E-state index in [1.165, 1.54) is 0 Å². The summed E-state index contributed by atoms with van der Waals surface area (Å²) in [4.78, 5) is 22.7. The first-order valence-corrected chi connectivity index (χ1v) is 4.56. The highest BCUT2D eigenvalue weighted by Gasteiger charge is 2.49. The second-order valence-corrected chi connectivity index (χ2v) is 4.78. The zero-order valence-electron chi connectivity index (χ0n) is 7.59. The number of ketones is 2. The average Bonchev–Trinajstić information content (AvgIpc) is 1.93. The molecule has 3 fully saturated rings. The standard InChI is InChI=1S/C10H14O2/c1-10(2)5-7-8(11)3-6(10)4-9(7)12/h6-7H,3-5H2,1-2H3. The van der Waals surface area contributed by atoms with E-state index < -0.39 is 0 Å². The van der Waals surface area contributed by atoms with Crippen molar-refractivity contribution >= 4 is 11.6 Å². The van der Waals surface area contributed by atoms with Crippen LogP contribution in [0.25, 0.3) is 0 Å². The van der Waals surface area contributed by atoms with Crippen molar-refractivity contribution in [2.24, 2.45) is 17.3 Å². The summed E-state index contributed by atoms with van der Waals surface area (Å²) in [6.45, 7) is 4.34. The number of rotatable bonds is 0. The zero-order valence-corrected chi connectivity index (χ0v) is 7.59. The van der Waals surface area contributed by atoms with Gasteiger partial charge in [-0.25, -0.2) is 0 Å². The van der Waals surface area contributed by atoms with Gasteiger partial charge in [0.15, 0.2) is 0 Å². The Balaban J connectivity index is 2.32. The quantitative estimate of drug-likeness (QED) is 0.512. The van der Waals surface area contributed by atoms with Crippen molar-refractivity contribution in [1.82, 2.24) is 0 Å². The van der Waals surface area contributed by atoms with Crippen LogP contribution in [0.1, 0.15) is 33.1 Å². The van der Waals surface area contributed by atoms with Gasteiger partial charge in [-0.3, -0.25) is 9.59 Å². The minimum Gasteiger partial charge on any atom is -0.299 e. The van der Waals surface area contributed by atoms with Crippen molar-refractivity contribution in [3.63, 3.8) is 0 Å². The van der Waals surface area contributed by atoms with Crippen LogP contribution in [-0.4, -0.2) is 11.6 Å². The van der Waals surface area contributed by atoms with E-state index in [4.69, 9.17) is 0 Å². The average molecular weight is 166 g/mol. The smallest absolute Gasteiger partial charge is 0.143 e. The van der Waals surface area contributed by atoms with E-state index in [-0.39, 0.29) is 22.9 Å². The van der Waals surface area contributed by atoms with Crippen LogP contribution < -0.4 is 0 Å². The Hall–Kier alpha value is -0.660. The van der Waals surface area contributed by atoms with Gasteiger partial charge in [-0.05, 0) is 17.8 Å². The largest absolute Gasteiger partial charge is 0.299 e. The molecule has 0 aromatic carbocycles. The van der Waals surface area contributed by atoms with Crippen LogP contribution >= 0.6 is 0 Å². The molecule has 0 atom stereocenters. The normalized spacial score (nSPS) is 38.8. The van der Waals surface area contributed by atoms with Crippen LogP contribution in [-0.2, 0) is 9.59 Å². The summed E-state index contributed by atoms with van der Waals surface area (Å²) in [5.74, 6) is 0.457. The Morgan fingerprint density at radius 2 is 1.67 bits per heavy atom. The van der Waals surface area contributed by atoms with Gasteiger partial charge in [0, 0.05) is 12.8 Å². The first-order valence-electron chi connectivity index (χ1n) is 4.56. The van der Waals surface area contributed by atoms with Gasteiger partial charge in [0.25, 0.3) is 0 Å². The topological polar surface area (TPSA) is 34.1 Å². The van der Waals surface area contributed by atoms with Gasteiger partial charge in [-0.2, -0.15) is 0 Å². The third-order valence-electron chi connectivity index (χ3n) is 3.51. The first-order chi connectivity index (χ1) is 5.50. The van der Waals surface area contributed by atoms with Crippen LogP contribution in [0.15, 0.2) is 0 Å². The molecule has 2 heteroatoms. The molecule has 2 bridgehead atoms. The second kappa shape index (κ2) is 2.18. The summed E-state index contributed by atoms with van der Waals surface area (Å²) in [5, 5.41) is 0. The number of hydrogen-bond donors (Lipinski definition) is 0. The van der Waals surface area contributed by atoms with E-state index >= 15 is 0 Å². The molecular weight excluding hydrogens is 152 g/mol. The van der Waals surface area contributed by atoms with Gasteiger partial charge >= 0.3 is 0 Å².